The molecular formula is C25H29N2O+. The van der Waals surface area contributed by atoms with Crippen LogP contribution in [0.3, 0.4) is 0 Å². The van der Waals surface area contributed by atoms with Crippen molar-refractivity contribution in [2.45, 2.75) is 26.2 Å². The molecule has 1 aliphatic heterocycles. The van der Waals surface area contributed by atoms with Gasteiger partial charge in [0.05, 0.1) is 18.8 Å². The number of aryl methyl sites for hydroxylation is 1. The van der Waals surface area contributed by atoms with E-state index in [2.05, 4.69) is 66.8 Å². The molecule has 0 saturated carbocycles. The van der Waals surface area contributed by atoms with Crippen molar-refractivity contribution in [1.29, 1.82) is 0 Å². The van der Waals surface area contributed by atoms with Crippen LogP contribution in [0.25, 0.3) is 10.8 Å². The molecule has 1 heterocycles. The molecule has 3 nitrogen and oxygen atoms in total. The molecular weight excluding hydrogens is 344 g/mol. The number of carbonyl (C=O) groups is 1. The summed E-state index contributed by atoms with van der Waals surface area (Å²) in [5, 5.41) is 5.47. The molecule has 0 radical (unpaired) electrons. The van der Waals surface area contributed by atoms with Crippen molar-refractivity contribution >= 4 is 22.4 Å². The van der Waals surface area contributed by atoms with Crippen molar-refractivity contribution in [3.05, 3.63) is 77.9 Å². The van der Waals surface area contributed by atoms with Crippen LogP contribution in [0.2, 0.25) is 0 Å². The predicted octanol–water partition coefficient (Wildman–Crippen LogP) is 3.62. The Morgan fingerprint density at radius 2 is 1.68 bits per heavy atom. The Labute approximate surface area is 167 Å². The molecule has 1 aliphatic rings. The van der Waals surface area contributed by atoms with E-state index in [0.717, 1.165) is 47.5 Å². The van der Waals surface area contributed by atoms with E-state index in [9.17, 15) is 4.79 Å². The van der Waals surface area contributed by atoms with Crippen molar-refractivity contribution in [3.63, 3.8) is 0 Å². The van der Waals surface area contributed by atoms with E-state index < -0.39 is 0 Å². The van der Waals surface area contributed by atoms with Gasteiger partial charge in [0.2, 0.25) is 0 Å². The van der Waals surface area contributed by atoms with E-state index in [1.165, 1.54) is 23.3 Å². The molecule has 4 rings (SSSR count). The molecule has 1 fully saturated rings. The molecule has 0 atom stereocenters. The summed E-state index contributed by atoms with van der Waals surface area (Å²) in [5.74, 6) is 0.866. The molecule has 0 spiro atoms. The average Bonchev–Trinajstić information content (AvgIpc) is 2.72. The largest absolute Gasteiger partial charge is 0.327 e. The van der Waals surface area contributed by atoms with Gasteiger partial charge < -0.3 is 10.2 Å². The molecule has 3 aromatic rings. The van der Waals surface area contributed by atoms with E-state index >= 15 is 0 Å². The van der Waals surface area contributed by atoms with Crippen LogP contribution in [-0.4, -0.2) is 25.5 Å². The number of anilines is 1. The Hall–Kier alpha value is -2.65. The summed E-state index contributed by atoms with van der Waals surface area (Å²) in [6.07, 6.45) is 3.56. The number of benzene rings is 3. The van der Waals surface area contributed by atoms with Crippen LogP contribution in [0.5, 0.6) is 0 Å². The van der Waals surface area contributed by atoms with Crippen LogP contribution in [0, 0.1) is 12.8 Å². The van der Waals surface area contributed by atoms with Crippen LogP contribution in [0.1, 0.15) is 24.0 Å². The van der Waals surface area contributed by atoms with Crippen LogP contribution in [0.4, 0.5) is 5.69 Å². The van der Waals surface area contributed by atoms with Crippen LogP contribution in [0.15, 0.2) is 66.7 Å². The van der Waals surface area contributed by atoms with E-state index in [1.54, 1.807) is 0 Å². The number of rotatable bonds is 5. The smallest absolute Gasteiger partial charge is 0.279 e. The number of piperidine rings is 1. The predicted molar refractivity (Wildman–Crippen MR) is 116 cm³/mol. The summed E-state index contributed by atoms with van der Waals surface area (Å²) in [6, 6.07) is 23.2. The number of likely N-dealkylation sites (tertiary alicyclic amines) is 1. The Balaban J connectivity index is 1.32. The van der Waals surface area contributed by atoms with Gasteiger partial charge in [0.1, 0.15) is 0 Å². The highest BCUT2D eigenvalue weighted by Crippen LogP contribution is 2.26. The Morgan fingerprint density at radius 1 is 0.964 bits per heavy atom. The molecule has 3 aromatic carbocycles. The van der Waals surface area contributed by atoms with Gasteiger partial charge in [0, 0.05) is 5.39 Å². The molecule has 0 unspecified atom stereocenters. The quantitative estimate of drug-likeness (QED) is 0.704. The van der Waals surface area contributed by atoms with E-state index in [-0.39, 0.29) is 5.91 Å². The standard InChI is InChI=1S/C25H28N2O/c1-19-11-12-22-9-5-6-10-23(22)25(19)26-24(28)18-27-15-13-21(14-16-27)17-20-7-3-2-4-8-20/h2-12,21H,13-18H2,1H3,(H,26,28)/p+1. The molecule has 28 heavy (non-hydrogen) atoms. The molecule has 1 saturated heterocycles. The van der Waals surface area contributed by atoms with E-state index in [0.29, 0.717) is 6.54 Å². The van der Waals surface area contributed by atoms with E-state index in [1.807, 2.05) is 12.1 Å². The topological polar surface area (TPSA) is 33.5 Å². The fourth-order valence-corrected chi connectivity index (χ4v) is 4.37. The SMILES string of the molecule is Cc1ccc2ccccc2c1NC(=O)C[NH+]1CCC(Cc2ccccc2)CC1. The number of carbonyl (C=O) groups excluding carboxylic acids is 1. The highest BCUT2D eigenvalue weighted by atomic mass is 16.2. The van der Waals surface area contributed by atoms with Crippen molar-refractivity contribution < 1.29 is 9.69 Å². The summed E-state index contributed by atoms with van der Waals surface area (Å²) in [7, 11) is 0. The first-order valence-corrected chi connectivity index (χ1v) is 10.3. The third-order valence-electron chi connectivity index (χ3n) is 5.99. The second kappa shape index (κ2) is 8.57. The number of hydrogen-bond donors (Lipinski definition) is 2. The second-order valence-corrected chi connectivity index (χ2v) is 8.09. The lowest BCUT2D eigenvalue weighted by molar-refractivity contribution is -0.898. The second-order valence-electron chi connectivity index (χ2n) is 8.09. The van der Waals surface area contributed by atoms with Crippen LogP contribution in [-0.2, 0) is 11.2 Å². The Kier molecular flexibility index (Phi) is 5.73. The average molecular weight is 374 g/mol. The maximum atomic E-state index is 12.7. The first-order chi connectivity index (χ1) is 13.7. The highest BCUT2D eigenvalue weighted by molar-refractivity contribution is 6.03. The lowest BCUT2D eigenvalue weighted by Gasteiger charge is -2.29. The molecule has 2 N–H and O–H groups in total. The number of fused-ring (bicyclic) bond motifs is 1. The third kappa shape index (κ3) is 4.42. The third-order valence-corrected chi connectivity index (χ3v) is 5.99. The summed E-state index contributed by atoms with van der Waals surface area (Å²) < 4.78 is 0. The zero-order valence-corrected chi connectivity index (χ0v) is 16.6. The van der Waals surface area contributed by atoms with Gasteiger partial charge in [-0.15, -0.1) is 0 Å². The minimum Gasteiger partial charge on any atom is -0.327 e. The maximum absolute atomic E-state index is 12.7. The van der Waals surface area contributed by atoms with Gasteiger partial charge in [-0.25, -0.2) is 0 Å². The number of amides is 1. The van der Waals surface area contributed by atoms with Crippen LogP contribution >= 0.6 is 0 Å². The summed E-state index contributed by atoms with van der Waals surface area (Å²) in [5.41, 5.74) is 3.50. The highest BCUT2D eigenvalue weighted by Gasteiger charge is 2.24. The summed E-state index contributed by atoms with van der Waals surface area (Å²) in [4.78, 5) is 14.1. The lowest BCUT2D eigenvalue weighted by atomic mass is 9.90. The number of hydrogen-bond acceptors (Lipinski definition) is 1. The molecule has 3 heteroatoms. The zero-order valence-electron chi connectivity index (χ0n) is 16.6. The normalized spacial score (nSPS) is 19.5. The van der Waals surface area contributed by atoms with Crippen molar-refractivity contribution in [3.8, 4) is 0 Å². The van der Waals surface area contributed by atoms with Gasteiger partial charge in [0.15, 0.2) is 6.54 Å². The van der Waals surface area contributed by atoms with Gasteiger partial charge >= 0.3 is 0 Å². The maximum Gasteiger partial charge on any atom is 0.279 e. The zero-order chi connectivity index (χ0) is 19.3. The molecule has 0 bridgehead atoms. The van der Waals surface area contributed by atoms with Crippen LogP contribution < -0.4 is 10.2 Å². The Morgan fingerprint density at radius 3 is 2.46 bits per heavy atom. The van der Waals surface area contributed by atoms with Gasteiger partial charge in [-0.1, -0.05) is 66.7 Å². The molecule has 0 aliphatic carbocycles. The van der Waals surface area contributed by atoms with Gasteiger partial charge in [-0.05, 0) is 48.6 Å². The van der Waals surface area contributed by atoms with Crippen molar-refractivity contribution in [2.75, 3.05) is 25.0 Å². The first kappa shape index (κ1) is 18.7. The lowest BCUT2D eigenvalue weighted by Crippen LogP contribution is -3.14. The summed E-state index contributed by atoms with van der Waals surface area (Å²) >= 11 is 0. The summed E-state index contributed by atoms with van der Waals surface area (Å²) in [6.45, 7) is 4.78. The van der Waals surface area contributed by atoms with Crippen molar-refractivity contribution in [1.82, 2.24) is 0 Å². The minimum absolute atomic E-state index is 0.121. The first-order valence-electron chi connectivity index (χ1n) is 10.3. The van der Waals surface area contributed by atoms with Gasteiger partial charge in [-0.3, -0.25) is 4.79 Å². The minimum atomic E-state index is 0.121. The fraction of sp³-hybridized carbons (Fsp3) is 0.320. The monoisotopic (exact) mass is 373 g/mol. The molecule has 144 valence electrons. The molecule has 0 aromatic heterocycles. The van der Waals surface area contributed by atoms with E-state index in [4.69, 9.17) is 0 Å². The fourth-order valence-electron chi connectivity index (χ4n) is 4.37. The van der Waals surface area contributed by atoms with Gasteiger partial charge in [0.25, 0.3) is 5.91 Å². The number of quaternary nitrogens is 1. The van der Waals surface area contributed by atoms with Crippen molar-refractivity contribution in [2.24, 2.45) is 5.92 Å². The Bertz CT molecular complexity index is 943. The number of nitrogens with one attached hydrogen (secondary N) is 2. The molecule has 1 amide bonds. The van der Waals surface area contributed by atoms with Gasteiger partial charge in [-0.2, -0.15) is 0 Å².